The Kier molecular flexibility index (Phi) is 2.10. The molecule has 0 radical (unpaired) electrons. The number of pyridine rings is 1. The van der Waals surface area contributed by atoms with Crippen LogP contribution in [0, 0.1) is 5.92 Å². The lowest BCUT2D eigenvalue weighted by Crippen LogP contribution is -2.25. The Bertz CT molecular complexity index is 383. The van der Waals surface area contributed by atoms with Crippen molar-refractivity contribution in [2.75, 3.05) is 13.6 Å². The second-order valence-electron chi connectivity index (χ2n) is 4.69. The molecule has 1 aliphatic heterocycles. The molecule has 2 heteroatoms. The molecule has 15 heavy (non-hydrogen) atoms. The highest BCUT2D eigenvalue weighted by atomic mass is 15.2. The maximum Gasteiger partial charge on any atom is 0.0351 e. The summed E-state index contributed by atoms with van der Waals surface area (Å²) in [5.74, 6) is 0.889. The normalized spacial score (nSPS) is 30.3. The first-order valence-electron chi connectivity index (χ1n) is 5.65. The highest BCUT2D eigenvalue weighted by molar-refractivity contribution is 5.70. The molecule has 0 amide bonds. The van der Waals surface area contributed by atoms with E-state index in [4.69, 9.17) is 0 Å². The van der Waals surface area contributed by atoms with E-state index in [1.165, 1.54) is 30.5 Å². The Labute approximate surface area is 90.6 Å². The van der Waals surface area contributed by atoms with Crippen LogP contribution >= 0.6 is 0 Å². The van der Waals surface area contributed by atoms with Crippen LogP contribution < -0.4 is 0 Å². The predicted molar refractivity (Wildman–Crippen MR) is 61.4 cm³/mol. The lowest BCUT2D eigenvalue weighted by molar-refractivity contribution is 0.360. The fourth-order valence-corrected chi connectivity index (χ4v) is 2.91. The van der Waals surface area contributed by atoms with Gasteiger partial charge in [-0.2, -0.15) is 0 Å². The van der Waals surface area contributed by atoms with E-state index in [9.17, 15) is 0 Å². The number of likely N-dealkylation sites (N-methyl/N-ethyl adjacent to an activating group) is 1. The smallest absolute Gasteiger partial charge is 0.0351 e. The van der Waals surface area contributed by atoms with Crippen LogP contribution in [0.15, 0.2) is 30.6 Å². The van der Waals surface area contributed by atoms with E-state index in [0.29, 0.717) is 6.04 Å². The van der Waals surface area contributed by atoms with E-state index in [1.807, 2.05) is 18.5 Å². The molecule has 1 aromatic heterocycles. The molecule has 2 unspecified atom stereocenters. The van der Waals surface area contributed by atoms with Crippen molar-refractivity contribution in [2.24, 2.45) is 5.92 Å². The van der Waals surface area contributed by atoms with Gasteiger partial charge >= 0.3 is 0 Å². The average Bonchev–Trinajstić information content (AvgIpc) is 2.57. The molecule has 2 aliphatic rings. The lowest BCUT2D eigenvalue weighted by atomic mass is 9.87. The minimum Gasteiger partial charge on any atom is -0.299 e. The van der Waals surface area contributed by atoms with Gasteiger partial charge in [-0.3, -0.25) is 9.88 Å². The van der Waals surface area contributed by atoms with Gasteiger partial charge in [0.05, 0.1) is 0 Å². The average molecular weight is 200 g/mol. The zero-order valence-corrected chi connectivity index (χ0v) is 9.06. The molecule has 1 saturated heterocycles. The second-order valence-corrected chi connectivity index (χ2v) is 4.69. The molecule has 2 nitrogen and oxygen atoms in total. The van der Waals surface area contributed by atoms with Crippen LogP contribution in [0.25, 0.3) is 5.57 Å². The van der Waals surface area contributed by atoms with Gasteiger partial charge in [-0.25, -0.2) is 0 Å². The molecule has 3 rings (SSSR count). The minimum absolute atomic E-state index is 0.632. The Balaban J connectivity index is 1.97. The zero-order chi connectivity index (χ0) is 10.3. The van der Waals surface area contributed by atoms with Gasteiger partial charge in [-0.1, -0.05) is 12.1 Å². The van der Waals surface area contributed by atoms with Gasteiger partial charge in [0.2, 0.25) is 0 Å². The largest absolute Gasteiger partial charge is 0.299 e. The first-order chi connectivity index (χ1) is 7.34. The van der Waals surface area contributed by atoms with Crippen molar-refractivity contribution in [2.45, 2.75) is 18.9 Å². The molecule has 0 aromatic carbocycles. The van der Waals surface area contributed by atoms with Gasteiger partial charge in [0.15, 0.2) is 0 Å². The van der Waals surface area contributed by atoms with Crippen molar-refractivity contribution < 1.29 is 0 Å². The summed E-state index contributed by atoms with van der Waals surface area (Å²) in [4.78, 5) is 6.69. The molecule has 0 spiro atoms. The third-order valence-corrected chi connectivity index (χ3v) is 3.66. The summed E-state index contributed by atoms with van der Waals surface area (Å²) in [5.41, 5.74) is 2.79. The van der Waals surface area contributed by atoms with Crippen molar-refractivity contribution in [1.82, 2.24) is 9.88 Å². The lowest BCUT2D eigenvalue weighted by Gasteiger charge is -2.24. The molecular weight excluding hydrogens is 184 g/mol. The minimum atomic E-state index is 0.632. The fourth-order valence-electron chi connectivity index (χ4n) is 2.91. The predicted octanol–water partition coefficient (Wildman–Crippen LogP) is 2.19. The topological polar surface area (TPSA) is 16.1 Å². The summed E-state index contributed by atoms with van der Waals surface area (Å²) in [6, 6.07) is 4.83. The Morgan fingerprint density at radius 1 is 1.47 bits per heavy atom. The number of hydrogen-bond donors (Lipinski definition) is 0. The van der Waals surface area contributed by atoms with Gasteiger partial charge in [0.1, 0.15) is 0 Å². The molecule has 2 bridgehead atoms. The van der Waals surface area contributed by atoms with Crippen LogP contribution in [-0.4, -0.2) is 29.5 Å². The summed E-state index contributed by atoms with van der Waals surface area (Å²) < 4.78 is 0. The molecular formula is C13H16N2. The van der Waals surface area contributed by atoms with Crippen molar-refractivity contribution in [3.05, 3.63) is 36.2 Å². The number of rotatable bonds is 1. The summed E-state index contributed by atoms with van der Waals surface area (Å²) >= 11 is 0. The standard InChI is InChI=1S/C13H16N2/c1-15-9-10-4-5-12(13(15)7-10)11-3-2-6-14-8-11/h2-3,5-6,8,10,13H,4,7,9H2,1H3. The van der Waals surface area contributed by atoms with E-state index >= 15 is 0 Å². The Morgan fingerprint density at radius 3 is 3.20 bits per heavy atom. The first-order valence-corrected chi connectivity index (χ1v) is 5.65. The fraction of sp³-hybridized carbons (Fsp3) is 0.462. The number of fused-ring (bicyclic) bond motifs is 2. The molecule has 1 fully saturated rings. The van der Waals surface area contributed by atoms with Gasteiger partial charge in [0.25, 0.3) is 0 Å². The second kappa shape index (κ2) is 3.46. The van der Waals surface area contributed by atoms with Crippen LogP contribution in [0.2, 0.25) is 0 Å². The van der Waals surface area contributed by atoms with Gasteiger partial charge in [0, 0.05) is 25.0 Å². The number of likely N-dealkylation sites (tertiary alicyclic amines) is 1. The van der Waals surface area contributed by atoms with E-state index in [-0.39, 0.29) is 0 Å². The molecule has 1 aliphatic carbocycles. The molecule has 2 atom stereocenters. The molecule has 0 saturated carbocycles. The summed E-state index contributed by atoms with van der Waals surface area (Å²) in [6.45, 7) is 1.25. The SMILES string of the molecule is CN1CC2CC=C(c3cccnc3)C1C2. The molecule has 78 valence electrons. The van der Waals surface area contributed by atoms with Crippen molar-refractivity contribution in [1.29, 1.82) is 0 Å². The van der Waals surface area contributed by atoms with Crippen molar-refractivity contribution in [3.8, 4) is 0 Å². The number of allylic oxidation sites excluding steroid dienone is 1. The molecule has 1 aromatic rings. The molecule has 2 heterocycles. The monoisotopic (exact) mass is 200 g/mol. The quantitative estimate of drug-likeness (QED) is 0.691. The highest BCUT2D eigenvalue weighted by Crippen LogP contribution is 2.38. The van der Waals surface area contributed by atoms with Gasteiger partial charge in [-0.05, 0) is 43.0 Å². The maximum absolute atomic E-state index is 4.21. The summed E-state index contributed by atoms with van der Waals surface area (Å²) in [7, 11) is 2.24. The van der Waals surface area contributed by atoms with Crippen LogP contribution in [0.5, 0.6) is 0 Å². The van der Waals surface area contributed by atoms with Crippen molar-refractivity contribution >= 4 is 5.57 Å². The zero-order valence-electron chi connectivity index (χ0n) is 9.06. The van der Waals surface area contributed by atoms with Crippen LogP contribution in [0.3, 0.4) is 0 Å². The van der Waals surface area contributed by atoms with Crippen molar-refractivity contribution in [3.63, 3.8) is 0 Å². The number of nitrogens with zero attached hydrogens (tertiary/aromatic N) is 2. The maximum atomic E-state index is 4.21. The van der Waals surface area contributed by atoms with E-state index in [0.717, 1.165) is 5.92 Å². The first kappa shape index (κ1) is 9.10. The summed E-state index contributed by atoms with van der Waals surface area (Å²) in [5, 5.41) is 0. The number of hydrogen-bond acceptors (Lipinski definition) is 2. The third kappa shape index (κ3) is 1.49. The van der Waals surface area contributed by atoms with Gasteiger partial charge < -0.3 is 0 Å². The highest BCUT2D eigenvalue weighted by Gasteiger charge is 2.34. The van der Waals surface area contributed by atoms with Crippen LogP contribution in [-0.2, 0) is 0 Å². The van der Waals surface area contributed by atoms with Gasteiger partial charge in [-0.15, -0.1) is 0 Å². The van der Waals surface area contributed by atoms with Crippen LogP contribution in [0.1, 0.15) is 18.4 Å². The Hall–Kier alpha value is -1.15. The van der Waals surface area contributed by atoms with E-state index < -0.39 is 0 Å². The third-order valence-electron chi connectivity index (χ3n) is 3.66. The van der Waals surface area contributed by atoms with Crippen LogP contribution in [0.4, 0.5) is 0 Å². The summed E-state index contributed by atoms with van der Waals surface area (Å²) in [6.07, 6.45) is 8.81. The molecule has 0 N–H and O–H groups in total. The van der Waals surface area contributed by atoms with E-state index in [2.05, 4.69) is 29.1 Å². The Morgan fingerprint density at radius 2 is 2.40 bits per heavy atom. The number of aromatic nitrogens is 1. The van der Waals surface area contributed by atoms with E-state index in [1.54, 1.807) is 0 Å².